The van der Waals surface area contributed by atoms with E-state index in [-0.39, 0.29) is 17.8 Å². The van der Waals surface area contributed by atoms with Gasteiger partial charge in [0.1, 0.15) is 5.82 Å². The van der Waals surface area contributed by atoms with Gasteiger partial charge in [0.2, 0.25) is 0 Å². The predicted molar refractivity (Wildman–Crippen MR) is 95.2 cm³/mol. The molecule has 0 radical (unpaired) electrons. The van der Waals surface area contributed by atoms with Gasteiger partial charge in [0.25, 0.3) is 5.91 Å². The van der Waals surface area contributed by atoms with Crippen LogP contribution in [0.5, 0.6) is 0 Å². The number of hydrogen-bond donors (Lipinski definition) is 1. The number of halogens is 1. The molecule has 5 nitrogen and oxygen atoms in total. The molecular formula is C19H28FN3O2. The van der Waals surface area contributed by atoms with Crippen molar-refractivity contribution in [2.24, 2.45) is 0 Å². The van der Waals surface area contributed by atoms with E-state index < -0.39 is 0 Å². The fourth-order valence-electron chi connectivity index (χ4n) is 3.66. The highest BCUT2D eigenvalue weighted by Crippen LogP contribution is 2.14. The molecular weight excluding hydrogens is 321 g/mol. The van der Waals surface area contributed by atoms with Gasteiger partial charge in [0.05, 0.1) is 6.10 Å². The molecule has 0 aliphatic carbocycles. The lowest BCUT2D eigenvalue weighted by atomic mass is 10.1. The van der Waals surface area contributed by atoms with Crippen molar-refractivity contribution in [3.63, 3.8) is 0 Å². The Balaban J connectivity index is 1.46. The average Bonchev–Trinajstić information content (AvgIpc) is 3.10. The standard InChI is InChI=1S/C19H28FN3O2/c1-15-4-5-16(12-18(15)20)19(25)23-10-8-22(9-11-23)14-17(24)13-21-6-2-3-7-21/h4-5,12,17,24H,2-3,6-11,13-14H2,1H3/t17-/m0/s1. The zero-order valence-corrected chi connectivity index (χ0v) is 15.0. The van der Waals surface area contributed by atoms with Gasteiger partial charge in [-0.25, -0.2) is 4.39 Å². The third-order valence-electron chi connectivity index (χ3n) is 5.21. The lowest BCUT2D eigenvalue weighted by molar-refractivity contribution is 0.0457. The minimum absolute atomic E-state index is 0.115. The maximum absolute atomic E-state index is 13.7. The first-order valence-corrected chi connectivity index (χ1v) is 9.21. The van der Waals surface area contributed by atoms with Crippen LogP contribution >= 0.6 is 0 Å². The van der Waals surface area contributed by atoms with Crippen LogP contribution in [0.3, 0.4) is 0 Å². The summed E-state index contributed by atoms with van der Waals surface area (Å²) in [5.41, 5.74) is 0.957. The number of aliphatic hydroxyl groups excluding tert-OH is 1. The van der Waals surface area contributed by atoms with Crippen molar-refractivity contribution in [1.29, 1.82) is 0 Å². The van der Waals surface area contributed by atoms with Crippen LogP contribution in [-0.4, -0.2) is 84.2 Å². The lowest BCUT2D eigenvalue weighted by Crippen LogP contribution is -2.51. The van der Waals surface area contributed by atoms with Crippen molar-refractivity contribution >= 4 is 5.91 Å². The minimum atomic E-state index is -0.341. The van der Waals surface area contributed by atoms with Crippen LogP contribution < -0.4 is 0 Å². The molecule has 2 heterocycles. The number of aryl methyl sites for hydroxylation is 1. The van der Waals surface area contributed by atoms with Crippen LogP contribution in [0.15, 0.2) is 18.2 Å². The molecule has 0 aromatic heterocycles. The third-order valence-corrected chi connectivity index (χ3v) is 5.21. The second kappa shape index (κ2) is 8.25. The monoisotopic (exact) mass is 349 g/mol. The second-order valence-corrected chi connectivity index (χ2v) is 7.22. The van der Waals surface area contributed by atoms with Crippen LogP contribution in [0.25, 0.3) is 0 Å². The topological polar surface area (TPSA) is 47.0 Å². The molecule has 1 amide bonds. The van der Waals surface area contributed by atoms with Crippen molar-refractivity contribution in [3.8, 4) is 0 Å². The van der Waals surface area contributed by atoms with Crippen LogP contribution in [-0.2, 0) is 0 Å². The number of nitrogens with zero attached hydrogens (tertiary/aromatic N) is 3. The molecule has 1 atom stereocenters. The first-order chi connectivity index (χ1) is 12.0. The molecule has 0 unspecified atom stereocenters. The normalized spacial score (nSPS) is 20.8. The van der Waals surface area contributed by atoms with Crippen LogP contribution in [0.1, 0.15) is 28.8 Å². The van der Waals surface area contributed by atoms with E-state index in [4.69, 9.17) is 0 Å². The largest absolute Gasteiger partial charge is 0.390 e. The van der Waals surface area contributed by atoms with Gasteiger partial charge in [-0.2, -0.15) is 0 Å². The molecule has 25 heavy (non-hydrogen) atoms. The Morgan fingerprint density at radius 2 is 1.68 bits per heavy atom. The highest BCUT2D eigenvalue weighted by atomic mass is 19.1. The molecule has 2 saturated heterocycles. The van der Waals surface area contributed by atoms with Gasteiger partial charge < -0.3 is 14.9 Å². The number of piperazine rings is 1. The van der Waals surface area contributed by atoms with E-state index >= 15 is 0 Å². The van der Waals surface area contributed by atoms with Gasteiger partial charge in [-0.3, -0.25) is 9.69 Å². The van der Waals surface area contributed by atoms with Gasteiger partial charge >= 0.3 is 0 Å². The van der Waals surface area contributed by atoms with Crippen LogP contribution in [0.2, 0.25) is 0 Å². The number of rotatable bonds is 5. The van der Waals surface area contributed by atoms with Crippen molar-refractivity contribution in [1.82, 2.24) is 14.7 Å². The maximum atomic E-state index is 13.7. The summed E-state index contributed by atoms with van der Waals surface area (Å²) in [5.74, 6) is -0.453. The minimum Gasteiger partial charge on any atom is -0.390 e. The molecule has 0 saturated carbocycles. The molecule has 2 aliphatic rings. The third kappa shape index (κ3) is 4.77. The van der Waals surface area contributed by atoms with E-state index in [0.717, 1.165) is 32.7 Å². The van der Waals surface area contributed by atoms with E-state index in [9.17, 15) is 14.3 Å². The predicted octanol–water partition coefficient (Wildman–Crippen LogP) is 1.35. The summed E-state index contributed by atoms with van der Waals surface area (Å²) in [6.45, 7) is 7.98. The summed E-state index contributed by atoms with van der Waals surface area (Å²) in [5, 5.41) is 10.3. The highest BCUT2D eigenvalue weighted by Gasteiger charge is 2.24. The van der Waals surface area contributed by atoms with E-state index in [1.54, 1.807) is 24.0 Å². The van der Waals surface area contributed by atoms with Crippen molar-refractivity contribution in [3.05, 3.63) is 35.1 Å². The number of β-amino-alcohol motifs (C(OH)–C–C–N with tert-alkyl or cyclic N) is 1. The van der Waals surface area contributed by atoms with E-state index in [1.807, 2.05) is 0 Å². The zero-order valence-electron chi connectivity index (χ0n) is 15.0. The Hall–Kier alpha value is -1.50. The molecule has 138 valence electrons. The Morgan fingerprint density at radius 3 is 2.28 bits per heavy atom. The number of likely N-dealkylation sites (tertiary alicyclic amines) is 1. The first-order valence-electron chi connectivity index (χ1n) is 9.21. The summed E-state index contributed by atoms with van der Waals surface area (Å²) in [7, 11) is 0. The zero-order chi connectivity index (χ0) is 17.8. The summed E-state index contributed by atoms with van der Waals surface area (Å²) >= 11 is 0. The molecule has 1 aromatic rings. The van der Waals surface area contributed by atoms with Gasteiger partial charge in [-0.05, 0) is 50.6 Å². The Bertz CT molecular complexity index is 596. The maximum Gasteiger partial charge on any atom is 0.254 e. The number of carbonyl (C=O) groups is 1. The van der Waals surface area contributed by atoms with E-state index in [0.29, 0.717) is 30.8 Å². The number of aliphatic hydroxyl groups is 1. The quantitative estimate of drug-likeness (QED) is 0.872. The van der Waals surface area contributed by atoms with Crippen molar-refractivity contribution in [2.45, 2.75) is 25.9 Å². The van der Waals surface area contributed by atoms with Gasteiger partial charge in [0, 0.05) is 44.8 Å². The lowest BCUT2D eigenvalue weighted by Gasteiger charge is -2.36. The summed E-state index contributed by atoms with van der Waals surface area (Å²) < 4.78 is 13.7. The van der Waals surface area contributed by atoms with Crippen LogP contribution in [0, 0.1) is 12.7 Å². The number of carbonyl (C=O) groups excluding carboxylic acids is 1. The highest BCUT2D eigenvalue weighted by molar-refractivity contribution is 5.94. The van der Waals surface area contributed by atoms with E-state index in [2.05, 4.69) is 9.80 Å². The SMILES string of the molecule is Cc1ccc(C(=O)N2CCN(C[C@@H](O)CN3CCCC3)CC2)cc1F. The molecule has 0 spiro atoms. The molecule has 0 bridgehead atoms. The summed E-state index contributed by atoms with van der Waals surface area (Å²) in [6, 6.07) is 4.66. The van der Waals surface area contributed by atoms with Gasteiger partial charge in [-0.15, -0.1) is 0 Å². The average molecular weight is 349 g/mol. The number of amides is 1. The summed E-state index contributed by atoms with van der Waals surface area (Å²) in [6.07, 6.45) is 2.12. The Morgan fingerprint density at radius 1 is 1.08 bits per heavy atom. The molecule has 3 rings (SSSR count). The fraction of sp³-hybridized carbons (Fsp3) is 0.632. The number of hydrogen-bond acceptors (Lipinski definition) is 4. The molecule has 2 aliphatic heterocycles. The molecule has 1 aromatic carbocycles. The number of benzene rings is 1. The first kappa shape index (κ1) is 18.3. The molecule has 1 N–H and O–H groups in total. The van der Waals surface area contributed by atoms with Crippen LogP contribution in [0.4, 0.5) is 4.39 Å². The Labute approximate surface area is 149 Å². The second-order valence-electron chi connectivity index (χ2n) is 7.22. The van der Waals surface area contributed by atoms with Crippen molar-refractivity contribution in [2.75, 3.05) is 52.4 Å². The molecule has 6 heteroatoms. The van der Waals surface area contributed by atoms with Gasteiger partial charge in [0.15, 0.2) is 0 Å². The van der Waals surface area contributed by atoms with E-state index in [1.165, 1.54) is 18.9 Å². The summed E-state index contributed by atoms with van der Waals surface area (Å²) in [4.78, 5) is 18.8. The van der Waals surface area contributed by atoms with Gasteiger partial charge in [-0.1, -0.05) is 6.07 Å². The van der Waals surface area contributed by atoms with Crippen molar-refractivity contribution < 1.29 is 14.3 Å². The molecule has 2 fully saturated rings. The smallest absolute Gasteiger partial charge is 0.254 e. The fourth-order valence-corrected chi connectivity index (χ4v) is 3.66. The Kier molecular flexibility index (Phi) is 6.04.